The minimum absolute atomic E-state index is 0.251. The average molecular weight is 1110 g/mol. The van der Waals surface area contributed by atoms with Crippen LogP contribution in [0.1, 0.15) is 206 Å². The van der Waals surface area contributed by atoms with Crippen LogP contribution in [0.4, 0.5) is 0 Å². The molecule has 3 fully saturated rings. The van der Waals surface area contributed by atoms with Gasteiger partial charge >= 0.3 is 0 Å². The highest BCUT2D eigenvalue weighted by Crippen LogP contribution is 2.33. The third-order valence-electron chi connectivity index (χ3n) is 15.3. The highest BCUT2D eigenvalue weighted by atomic mass is 16.8. The number of nitrogens with one attached hydrogen (secondary N) is 1. The first-order valence-corrected chi connectivity index (χ1v) is 30.1. The number of carbonyl (C=O) groups is 1. The second kappa shape index (κ2) is 42.1. The molecular formula is C58H107NO18. The Morgan fingerprint density at radius 3 is 1.35 bits per heavy atom. The molecule has 3 heterocycles. The summed E-state index contributed by atoms with van der Waals surface area (Å²) in [6.45, 7) is 1.75. The first-order chi connectivity index (χ1) is 37.3. The lowest BCUT2D eigenvalue weighted by atomic mass is 9.96. The molecule has 0 radical (unpaired) electrons. The minimum Gasteiger partial charge on any atom is -0.394 e. The van der Waals surface area contributed by atoms with Gasteiger partial charge in [-0.1, -0.05) is 179 Å². The third kappa shape index (κ3) is 26.4. The van der Waals surface area contributed by atoms with Crippen LogP contribution >= 0.6 is 0 Å². The normalized spacial score (nSPS) is 30.8. The number of unbranched alkanes of at least 4 members (excludes halogenated alkanes) is 24. The molecule has 0 aliphatic carbocycles. The topological polar surface area (TPSA) is 307 Å². The highest BCUT2D eigenvalue weighted by molar-refractivity contribution is 5.76. The zero-order valence-electron chi connectivity index (χ0n) is 46.9. The van der Waals surface area contributed by atoms with Crippen LogP contribution in [0, 0.1) is 0 Å². The first-order valence-electron chi connectivity index (χ1n) is 30.1. The summed E-state index contributed by atoms with van der Waals surface area (Å²) in [7, 11) is 0. The summed E-state index contributed by atoms with van der Waals surface area (Å²) in [6.07, 6.45) is 15.4. The van der Waals surface area contributed by atoms with Gasteiger partial charge in [-0.25, -0.2) is 0 Å². The van der Waals surface area contributed by atoms with E-state index in [1.807, 2.05) is 0 Å². The Hall–Kier alpha value is -1.73. The van der Waals surface area contributed by atoms with Crippen molar-refractivity contribution in [3.05, 3.63) is 24.3 Å². The van der Waals surface area contributed by atoms with Gasteiger partial charge in [-0.2, -0.15) is 0 Å². The highest BCUT2D eigenvalue weighted by Gasteiger charge is 2.53. The fourth-order valence-electron chi connectivity index (χ4n) is 10.3. The Bertz CT molecular complexity index is 1510. The Labute approximate surface area is 460 Å². The minimum atomic E-state index is -1.97. The lowest BCUT2D eigenvalue weighted by Gasteiger charge is -2.48. The van der Waals surface area contributed by atoms with E-state index >= 15 is 0 Å². The fraction of sp³-hybridized carbons (Fsp3) is 0.914. The number of hydrogen-bond donors (Lipinski definition) is 12. The van der Waals surface area contributed by atoms with E-state index in [2.05, 4.69) is 43.5 Å². The van der Waals surface area contributed by atoms with Crippen LogP contribution in [0.15, 0.2) is 24.3 Å². The monoisotopic (exact) mass is 1110 g/mol. The molecule has 19 nitrogen and oxygen atoms in total. The largest absolute Gasteiger partial charge is 0.394 e. The smallest absolute Gasteiger partial charge is 0.220 e. The average Bonchev–Trinajstić information content (AvgIpc) is 3.43. The zero-order valence-corrected chi connectivity index (χ0v) is 46.9. The number of rotatable bonds is 44. The lowest BCUT2D eigenvalue weighted by molar-refractivity contribution is -0.379. The molecule has 17 atom stereocenters. The maximum atomic E-state index is 13.3. The summed E-state index contributed by atoms with van der Waals surface area (Å²) in [5.74, 6) is -0.257. The van der Waals surface area contributed by atoms with Crippen LogP contribution < -0.4 is 5.32 Å². The van der Waals surface area contributed by atoms with Crippen molar-refractivity contribution < 1.29 is 89.4 Å². The van der Waals surface area contributed by atoms with Crippen molar-refractivity contribution in [3.8, 4) is 0 Å². The standard InChI is InChI=1S/C58H107NO18/c1-3-5-7-9-11-13-15-17-19-20-22-23-25-27-29-31-33-35-42(63)41(59-46(64)36-34-32-30-28-26-24-21-18-16-14-12-10-8-6-4-2)40-72-56-52(70)49(67)54(44(38-61)74-56)77-58-53(71)50(68)55(45(39-62)75-58)76-57-51(69)48(66)47(65)43(37-60)73-57/h12,14,18,21,41-45,47-58,60-63,65-71H,3-11,13,15-17,19-20,22-40H2,1-2H3,(H,59,64)/b14-12-,21-18-. The van der Waals surface area contributed by atoms with Crippen LogP contribution in [0.3, 0.4) is 0 Å². The fourth-order valence-corrected chi connectivity index (χ4v) is 10.3. The Morgan fingerprint density at radius 1 is 0.468 bits per heavy atom. The molecule has 452 valence electrons. The van der Waals surface area contributed by atoms with E-state index in [4.69, 9.17) is 28.4 Å². The first kappa shape index (κ1) is 69.5. The summed E-state index contributed by atoms with van der Waals surface area (Å²) < 4.78 is 34.3. The van der Waals surface area contributed by atoms with Gasteiger partial charge in [0.1, 0.15) is 73.2 Å². The zero-order chi connectivity index (χ0) is 56.2. The van der Waals surface area contributed by atoms with E-state index in [1.54, 1.807) is 0 Å². The molecule has 77 heavy (non-hydrogen) atoms. The number of aliphatic hydroxyl groups excluding tert-OH is 11. The van der Waals surface area contributed by atoms with E-state index in [-0.39, 0.29) is 18.9 Å². The summed E-state index contributed by atoms with van der Waals surface area (Å²) in [5.41, 5.74) is 0. The predicted octanol–water partition coefficient (Wildman–Crippen LogP) is 5.15. The number of aliphatic hydroxyl groups is 11. The quantitative estimate of drug-likeness (QED) is 0.0277. The van der Waals surface area contributed by atoms with Crippen molar-refractivity contribution in [1.82, 2.24) is 5.32 Å². The second-order valence-corrected chi connectivity index (χ2v) is 21.8. The van der Waals surface area contributed by atoms with Gasteiger partial charge in [0.15, 0.2) is 18.9 Å². The van der Waals surface area contributed by atoms with E-state index < -0.39 is 124 Å². The third-order valence-corrected chi connectivity index (χ3v) is 15.3. The van der Waals surface area contributed by atoms with Gasteiger partial charge in [-0.05, 0) is 44.9 Å². The number of allylic oxidation sites excluding steroid dienone is 4. The predicted molar refractivity (Wildman–Crippen MR) is 291 cm³/mol. The molecule has 0 aromatic carbocycles. The van der Waals surface area contributed by atoms with Crippen molar-refractivity contribution in [1.29, 1.82) is 0 Å². The van der Waals surface area contributed by atoms with Gasteiger partial charge in [0.2, 0.25) is 5.91 Å². The van der Waals surface area contributed by atoms with Crippen LogP contribution in [0.25, 0.3) is 0 Å². The van der Waals surface area contributed by atoms with E-state index in [0.717, 1.165) is 70.6 Å². The molecule has 3 rings (SSSR count). The van der Waals surface area contributed by atoms with Crippen LogP contribution in [0.5, 0.6) is 0 Å². The number of ether oxygens (including phenoxy) is 6. The maximum Gasteiger partial charge on any atom is 0.220 e. The summed E-state index contributed by atoms with van der Waals surface area (Å²) in [4.78, 5) is 13.3. The summed E-state index contributed by atoms with van der Waals surface area (Å²) >= 11 is 0. The van der Waals surface area contributed by atoms with Crippen molar-refractivity contribution in [2.45, 2.75) is 311 Å². The Morgan fingerprint density at radius 2 is 0.857 bits per heavy atom. The molecular weight excluding hydrogens is 999 g/mol. The van der Waals surface area contributed by atoms with Crippen molar-refractivity contribution in [2.75, 3.05) is 26.4 Å². The van der Waals surface area contributed by atoms with Crippen LogP contribution in [0.2, 0.25) is 0 Å². The molecule has 17 unspecified atom stereocenters. The van der Waals surface area contributed by atoms with Crippen LogP contribution in [-0.4, -0.2) is 193 Å². The molecule has 12 N–H and O–H groups in total. The van der Waals surface area contributed by atoms with Gasteiger partial charge in [0.05, 0.1) is 38.6 Å². The molecule has 1 amide bonds. The van der Waals surface area contributed by atoms with E-state index in [0.29, 0.717) is 12.8 Å². The summed E-state index contributed by atoms with van der Waals surface area (Å²) in [5, 5.41) is 120. The van der Waals surface area contributed by atoms with Crippen molar-refractivity contribution in [2.24, 2.45) is 0 Å². The second-order valence-electron chi connectivity index (χ2n) is 21.8. The van der Waals surface area contributed by atoms with Crippen LogP contribution in [-0.2, 0) is 33.2 Å². The Balaban J connectivity index is 1.50. The molecule has 3 saturated heterocycles. The molecule has 0 saturated carbocycles. The van der Waals surface area contributed by atoms with E-state index in [1.165, 1.54) is 103 Å². The molecule has 0 aromatic rings. The van der Waals surface area contributed by atoms with E-state index in [9.17, 15) is 61.0 Å². The van der Waals surface area contributed by atoms with Gasteiger partial charge in [-0.3, -0.25) is 4.79 Å². The number of carbonyl (C=O) groups excluding carboxylic acids is 1. The lowest BCUT2D eigenvalue weighted by Crippen LogP contribution is -2.66. The molecule has 19 heteroatoms. The van der Waals surface area contributed by atoms with Gasteiger partial charge < -0.3 is 89.9 Å². The molecule has 0 spiro atoms. The summed E-state index contributed by atoms with van der Waals surface area (Å²) in [6, 6.07) is -0.892. The SMILES string of the molecule is CCCCC/C=C\C/C=C\CCCCCCCC(=O)NC(COC1OC(CO)C(OC2OC(CO)C(OC3OC(CO)C(O)C(O)C3O)C(O)C2O)C(O)C1O)C(O)CCCCCCCCCCCCCCCCCCC. The van der Waals surface area contributed by atoms with Gasteiger partial charge in [-0.15, -0.1) is 0 Å². The van der Waals surface area contributed by atoms with Crippen molar-refractivity contribution >= 4 is 5.91 Å². The van der Waals surface area contributed by atoms with Gasteiger partial charge in [0.25, 0.3) is 0 Å². The van der Waals surface area contributed by atoms with Crippen molar-refractivity contribution in [3.63, 3.8) is 0 Å². The molecule has 3 aliphatic heterocycles. The number of amides is 1. The van der Waals surface area contributed by atoms with Gasteiger partial charge in [0, 0.05) is 6.42 Å². The number of hydrogen-bond acceptors (Lipinski definition) is 18. The Kier molecular flexibility index (Phi) is 38.1. The molecule has 0 bridgehead atoms. The molecule has 3 aliphatic rings. The molecule has 0 aromatic heterocycles. The maximum absolute atomic E-state index is 13.3.